The summed E-state index contributed by atoms with van der Waals surface area (Å²) in [5, 5.41) is 9.12. The van der Waals surface area contributed by atoms with Gasteiger partial charge in [0, 0.05) is 12.6 Å². The number of hydrogen-bond acceptors (Lipinski definition) is 4. The quantitative estimate of drug-likeness (QED) is 0.659. The van der Waals surface area contributed by atoms with E-state index in [2.05, 4.69) is 0 Å². The van der Waals surface area contributed by atoms with Gasteiger partial charge in [0.1, 0.15) is 11.5 Å². The average Bonchev–Trinajstić information content (AvgIpc) is 2.65. The van der Waals surface area contributed by atoms with Gasteiger partial charge in [-0.25, -0.2) is 0 Å². The lowest BCUT2D eigenvalue weighted by Crippen LogP contribution is -2.12. The first-order valence-electron chi connectivity index (χ1n) is 8.22. The highest BCUT2D eigenvalue weighted by atomic mass is 16.5. The highest BCUT2D eigenvalue weighted by molar-refractivity contribution is 5.48. The number of hydrogen-bond donors (Lipinski definition) is 2. The van der Waals surface area contributed by atoms with Crippen molar-refractivity contribution in [3.63, 3.8) is 0 Å². The zero-order valence-electron chi connectivity index (χ0n) is 13.8. The van der Waals surface area contributed by atoms with Gasteiger partial charge in [-0.2, -0.15) is 0 Å². The van der Waals surface area contributed by atoms with Gasteiger partial charge in [-0.3, -0.25) is 0 Å². The van der Waals surface area contributed by atoms with E-state index in [-0.39, 0.29) is 12.6 Å². The Kier molecular flexibility index (Phi) is 5.67. The van der Waals surface area contributed by atoms with Crippen LogP contribution >= 0.6 is 0 Å². The van der Waals surface area contributed by atoms with Crippen LogP contribution in [-0.2, 0) is 0 Å². The molecule has 25 heavy (non-hydrogen) atoms. The molecule has 0 heterocycles. The molecule has 0 aromatic heterocycles. The zero-order chi connectivity index (χ0) is 17.5. The van der Waals surface area contributed by atoms with E-state index in [0.29, 0.717) is 23.7 Å². The first kappa shape index (κ1) is 17.0. The van der Waals surface area contributed by atoms with Crippen molar-refractivity contribution in [2.75, 3.05) is 6.61 Å². The number of nitrogens with two attached hydrogens (primary N) is 1. The molecule has 0 radical (unpaired) electrons. The summed E-state index contributed by atoms with van der Waals surface area (Å²) < 4.78 is 12.0. The first-order valence-corrected chi connectivity index (χ1v) is 8.22. The van der Waals surface area contributed by atoms with Crippen LogP contribution in [0.1, 0.15) is 18.0 Å². The second kappa shape index (κ2) is 8.33. The third kappa shape index (κ3) is 4.59. The summed E-state index contributed by atoms with van der Waals surface area (Å²) in [6.07, 6.45) is 0.490. The molecule has 0 saturated heterocycles. The van der Waals surface area contributed by atoms with E-state index in [1.165, 1.54) is 0 Å². The third-order valence-electron chi connectivity index (χ3n) is 3.78. The molecule has 0 aliphatic rings. The predicted molar refractivity (Wildman–Crippen MR) is 98.1 cm³/mol. The van der Waals surface area contributed by atoms with Crippen molar-refractivity contribution in [1.29, 1.82) is 0 Å². The smallest absolute Gasteiger partial charge is 0.170 e. The highest BCUT2D eigenvalue weighted by Crippen LogP contribution is 2.36. The fraction of sp³-hybridized carbons (Fsp3) is 0.143. The Morgan fingerprint density at radius 3 is 1.88 bits per heavy atom. The Morgan fingerprint density at radius 1 is 0.760 bits per heavy atom. The second-order valence-corrected chi connectivity index (χ2v) is 5.66. The minimum atomic E-state index is -0.256. The van der Waals surface area contributed by atoms with Gasteiger partial charge < -0.3 is 20.3 Å². The third-order valence-corrected chi connectivity index (χ3v) is 3.78. The molecule has 0 aliphatic carbocycles. The van der Waals surface area contributed by atoms with E-state index >= 15 is 0 Å². The van der Waals surface area contributed by atoms with Crippen LogP contribution in [0.25, 0.3) is 0 Å². The SMILES string of the molecule is N[C@@H](CCO)c1ccc(Oc2ccccc2)c(Oc2ccccc2)c1. The van der Waals surface area contributed by atoms with Crippen molar-refractivity contribution in [2.45, 2.75) is 12.5 Å². The molecule has 3 rings (SSSR count). The van der Waals surface area contributed by atoms with Crippen LogP contribution in [0.15, 0.2) is 78.9 Å². The van der Waals surface area contributed by atoms with Gasteiger partial charge in [0.05, 0.1) is 0 Å². The second-order valence-electron chi connectivity index (χ2n) is 5.66. The molecule has 1 atom stereocenters. The van der Waals surface area contributed by atoms with Gasteiger partial charge in [-0.15, -0.1) is 0 Å². The molecule has 0 spiro atoms. The van der Waals surface area contributed by atoms with Gasteiger partial charge >= 0.3 is 0 Å². The molecule has 4 heteroatoms. The lowest BCUT2D eigenvalue weighted by atomic mass is 10.0. The van der Waals surface area contributed by atoms with Gasteiger partial charge in [-0.1, -0.05) is 42.5 Å². The van der Waals surface area contributed by atoms with Crippen molar-refractivity contribution >= 4 is 0 Å². The number of aliphatic hydroxyl groups is 1. The van der Waals surface area contributed by atoms with Gasteiger partial charge in [-0.05, 0) is 48.4 Å². The Morgan fingerprint density at radius 2 is 1.32 bits per heavy atom. The van der Waals surface area contributed by atoms with Crippen LogP contribution in [0.4, 0.5) is 0 Å². The maximum absolute atomic E-state index is 9.12. The van der Waals surface area contributed by atoms with E-state index < -0.39 is 0 Å². The molecular formula is C21H21NO3. The molecule has 0 aliphatic heterocycles. The van der Waals surface area contributed by atoms with Gasteiger partial charge in [0.15, 0.2) is 11.5 Å². The standard InChI is InChI=1S/C21H21NO3/c22-19(13-14-23)16-11-12-20(24-17-7-3-1-4-8-17)21(15-16)25-18-9-5-2-6-10-18/h1-12,15,19,23H,13-14,22H2/t19-/m0/s1. The van der Waals surface area contributed by atoms with Crippen LogP contribution in [0, 0.1) is 0 Å². The van der Waals surface area contributed by atoms with Crippen molar-refractivity contribution < 1.29 is 14.6 Å². The van der Waals surface area contributed by atoms with E-state index in [1.807, 2.05) is 78.9 Å². The molecular weight excluding hydrogens is 314 g/mol. The van der Waals surface area contributed by atoms with Crippen molar-refractivity contribution in [3.8, 4) is 23.0 Å². The molecule has 0 bridgehead atoms. The topological polar surface area (TPSA) is 64.7 Å². The molecule has 4 nitrogen and oxygen atoms in total. The number of benzene rings is 3. The maximum Gasteiger partial charge on any atom is 0.170 e. The van der Waals surface area contributed by atoms with E-state index in [0.717, 1.165) is 11.3 Å². The fourth-order valence-corrected chi connectivity index (χ4v) is 2.46. The summed E-state index contributed by atoms with van der Waals surface area (Å²) in [5.74, 6) is 2.64. The first-order chi connectivity index (χ1) is 12.3. The summed E-state index contributed by atoms with van der Waals surface area (Å²) in [5.41, 5.74) is 7.00. The summed E-state index contributed by atoms with van der Waals surface area (Å²) in [6, 6.07) is 24.4. The van der Waals surface area contributed by atoms with E-state index in [1.54, 1.807) is 0 Å². The fourth-order valence-electron chi connectivity index (χ4n) is 2.46. The van der Waals surface area contributed by atoms with Crippen LogP contribution in [0.5, 0.6) is 23.0 Å². The number of rotatable bonds is 7. The monoisotopic (exact) mass is 335 g/mol. The normalized spacial score (nSPS) is 11.8. The van der Waals surface area contributed by atoms with Crippen LogP contribution in [-0.4, -0.2) is 11.7 Å². The Labute approximate surface area is 147 Å². The van der Waals surface area contributed by atoms with Gasteiger partial charge in [0.25, 0.3) is 0 Å². The molecule has 128 valence electrons. The maximum atomic E-state index is 9.12. The molecule has 0 amide bonds. The molecule has 3 aromatic carbocycles. The van der Waals surface area contributed by atoms with Crippen molar-refractivity contribution in [2.24, 2.45) is 5.73 Å². The Hall–Kier alpha value is -2.82. The highest BCUT2D eigenvalue weighted by Gasteiger charge is 2.13. The lowest BCUT2D eigenvalue weighted by molar-refractivity contribution is 0.276. The average molecular weight is 335 g/mol. The molecule has 0 saturated carbocycles. The van der Waals surface area contributed by atoms with Crippen molar-refractivity contribution in [3.05, 3.63) is 84.4 Å². The summed E-state index contributed by atoms with van der Waals surface area (Å²) in [6.45, 7) is 0.0400. The molecule has 0 fully saturated rings. The molecule has 3 aromatic rings. The zero-order valence-corrected chi connectivity index (χ0v) is 13.8. The summed E-state index contributed by atoms with van der Waals surface area (Å²) >= 11 is 0. The van der Waals surface area contributed by atoms with Gasteiger partial charge in [0.2, 0.25) is 0 Å². The molecule has 3 N–H and O–H groups in total. The molecule has 0 unspecified atom stereocenters. The minimum absolute atomic E-state index is 0.0400. The number of para-hydroxylation sites is 2. The lowest BCUT2D eigenvalue weighted by Gasteiger charge is -2.16. The predicted octanol–water partition coefficient (Wildman–Crippen LogP) is 4.65. The largest absolute Gasteiger partial charge is 0.453 e. The number of ether oxygens (including phenoxy) is 2. The van der Waals surface area contributed by atoms with E-state index in [4.69, 9.17) is 20.3 Å². The summed E-state index contributed by atoms with van der Waals surface area (Å²) in [7, 11) is 0. The Bertz CT molecular complexity index is 791. The van der Waals surface area contributed by atoms with Crippen LogP contribution in [0.2, 0.25) is 0 Å². The van der Waals surface area contributed by atoms with Crippen molar-refractivity contribution in [1.82, 2.24) is 0 Å². The van der Waals surface area contributed by atoms with Crippen LogP contribution < -0.4 is 15.2 Å². The minimum Gasteiger partial charge on any atom is -0.453 e. The van der Waals surface area contributed by atoms with E-state index in [9.17, 15) is 0 Å². The van der Waals surface area contributed by atoms with Crippen LogP contribution in [0.3, 0.4) is 0 Å². The number of aliphatic hydroxyl groups excluding tert-OH is 1. The Balaban J connectivity index is 1.92. The summed E-state index contributed by atoms with van der Waals surface area (Å²) in [4.78, 5) is 0.